The summed E-state index contributed by atoms with van der Waals surface area (Å²) in [5.41, 5.74) is 5.38. The van der Waals surface area contributed by atoms with Crippen LogP contribution in [0.2, 0.25) is 0 Å². The fraction of sp³-hybridized carbons (Fsp3) is 0.636. The van der Waals surface area contributed by atoms with Gasteiger partial charge in [-0.3, -0.25) is 0 Å². The lowest BCUT2D eigenvalue weighted by atomic mass is 10.1. The average molecular weight is 260 g/mol. The van der Waals surface area contributed by atoms with Crippen LogP contribution in [0, 0.1) is 5.92 Å². The predicted octanol–water partition coefficient (Wildman–Crippen LogP) is 1.40. The van der Waals surface area contributed by atoms with Gasteiger partial charge in [-0.1, -0.05) is 13.8 Å². The molecule has 1 aromatic heterocycles. The highest BCUT2D eigenvalue weighted by atomic mass is 32.2. The molecule has 0 aliphatic heterocycles. The molecule has 17 heavy (non-hydrogen) atoms. The number of furan rings is 1. The molecule has 1 heterocycles. The quantitative estimate of drug-likeness (QED) is 0.839. The Bertz CT molecular complexity index is 451. The summed E-state index contributed by atoms with van der Waals surface area (Å²) in [4.78, 5) is 0. The Morgan fingerprint density at radius 3 is 2.53 bits per heavy atom. The number of nitrogens with zero attached hydrogens (tertiary/aromatic N) is 1. The normalized spacial score (nSPS) is 12.6. The molecule has 0 atom stereocenters. The van der Waals surface area contributed by atoms with Crippen molar-refractivity contribution in [2.75, 3.05) is 13.6 Å². The minimum Gasteiger partial charge on any atom is -0.447 e. The molecule has 5 nitrogen and oxygen atoms in total. The van der Waals surface area contributed by atoms with Crippen molar-refractivity contribution in [3.05, 3.63) is 17.9 Å². The van der Waals surface area contributed by atoms with Gasteiger partial charge in [0.2, 0.25) is 5.09 Å². The van der Waals surface area contributed by atoms with Gasteiger partial charge >= 0.3 is 0 Å². The van der Waals surface area contributed by atoms with Gasteiger partial charge in [0.05, 0.1) is 6.54 Å². The lowest BCUT2D eigenvalue weighted by Crippen LogP contribution is -2.28. The van der Waals surface area contributed by atoms with Crippen LogP contribution in [0.3, 0.4) is 0 Å². The Balaban J connectivity index is 2.79. The van der Waals surface area contributed by atoms with Crippen LogP contribution < -0.4 is 5.73 Å². The van der Waals surface area contributed by atoms with Crippen LogP contribution in [-0.4, -0.2) is 26.3 Å². The highest BCUT2D eigenvalue weighted by molar-refractivity contribution is 7.89. The first-order valence-electron chi connectivity index (χ1n) is 5.63. The van der Waals surface area contributed by atoms with Gasteiger partial charge in [-0.2, -0.15) is 4.31 Å². The molecule has 1 rings (SSSR count). The van der Waals surface area contributed by atoms with Gasteiger partial charge in [0.15, 0.2) is 0 Å². The van der Waals surface area contributed by atoms with E-state index in [0.29, 0.717) is 18.2 Å². The molecule has 0 fully saturated rings. The monoisotopic (exact) mass is 260 g/mol. The Hall–Kier alpha value is -0.850. The fourth-order valence-corrected chi connectivity index (χ4v) is 2.43. The van der Waals surface area contributed by atoms with Crippen LogP contribution in [0.5, 0.6) is 0 Å². The topological polar surface area (TPSA) is 76.5 Å². The second-order valence-corrected chi connectivity index (χ2v) is 6.41. The maximum Gasteiger partial charge on any atom is 0.276 e. The molecular formula is C11H20N2O3S. The van der Waals surface area contributed by atoms with Gasteiger partial charge < -0.3 is 10.2 Å². The molecule has 0 saturated heterocycles. The largest absolute Gasteiger partial charge is 0.447 e. The van der Waals surface area contributed by atoms with Crippen molar-refractivity contribution in [1.29, 1.82) is 0 Å². The van der Waals surface area contributed by atoms with Crippen molar-refractivity contribution in [2.24, 2.45) is 11.7 Å². The van der Waals surface area contributed by atoms with Gasteiger partial charge in [-0.05, 0) is 24.5 Å². The summed E-state index contributed by atoms with van der Waals surface area (Å²) >= 11 is 0. The van der Waals surface area contributed by atoms with E-state index in [4.69, 9.17) is 10.2 Å². The molecule has 98 valence electrons. The van der Waals surface area contributed by atoms with Crippen molar-refractivity contribution in [3.63, 3.8) is 0 Å². The predicted molar refractivity (Wildman–Crippen MR) is 65.9 cm³/mol. The third kappa shape index (κ3) is 3.55. The summed E-state index contributed by atoms with van der Waals surface area (Å²) < 4.78 is 30.6. The van der Waals surface area contributed by atoms with E-state index >= 15 is 0 Å². The molecule has 1 aromatic rings. The van der Waals surface area contributed by atoms with Crippen LogP contribution in [0.4, 0.5) is 0 Å². The smallest absolute Gasteiger partial charge is 0.276 e. The fourth-order valence-electron chi connectivity index (χ4n) is 1.32. The minimum atomic E-state index is -3.51. The molecule has 0 unspecified atom stereocenters. The van der Waals surface area contributed by atoms with Gasteiger partial charge in [-0.15, -0.1) is 0 Å². The lowest BCUT2D eigenvalue weighted by Gasteiger charge is -2.16. The highest BCUT2D eigenvalue weighted by Gasteiger charge is 2.24. The van der Waals surface area contributed by atoms with Crippen molar-refractivity contribution in [1.82, 2.24) is 4.31 Å². The summed E-state index contributed by atoms with van der Waals surface area (Å²) in [5.74, 6) is 0.935. The first-order valence-corrected chi connectivity index (χ1v) is 7.07. The van der Waals surface area contributed by atoms with Crippen molar-refractivity contribution >= 4 is 10.0 Å². The zero-order chi connectivity index (χ0) is 13.1. The van der Waals surface area contributed by atoms with Gasteiger partial charge in [0.25, 0.3) is 10.0 Å². The van der Waals surface area contributed by atoms with Crippen molar-refractivity contribution in [3.8, 4) is 0 Å². The Morgan fingerprint density at radius 1 is 1.41 bits per heavy atom. The number of nitrogens with two attached hydrogens (primary N) is 1. The number of hydrogen-bond acceptors (Lipinski definition) is 4. The second kappa shape index (κ2) is 5.66. The summed E-state index contributed by atoms with van der Waals surface area (Å²) in [6.07, 6.45) is 0.820. The van der Waals surface area contributed by atoms with E-state index in [1.54, 1.807) is 13.1 Å². The molecular weight excluding hydrogens is 240 g/mol. The molecule has 0 spiro atoms. The average Bonchev–Trinajstić information content (AvgIpc) is 2.74. The standard InChI is InChI=1S/C11H20N2O3S/c1-9(2)6-7-13(3)17(14,15)11-5-4-10(8-12)16-11/h4-5,9H,6-8,12H2,1-3H3. The molecule has 2 N–H and O–H groups in total. The van der Waals surface area contributed by atoms with E-state index in [0.717, 1.165) is 6.42 Å². The maximum atomic E-state index is 12.1. The SMILES string of the molecule is CC(C)CCN(C)S(=O)(=O)c1ccc(CN)o1. The zero-order valence-electron chi connectivity index (χ0n) is 10.5. The Kier molecular flexibility index (Phi) is 4.73. The Morgan fingerprint density at radius 2 is 2.06 bits per heavy atom. The van der Waals surface area contributed by atoms with E-state index in [9.17, 15) is 8.42 Å². The van der Waals surface area contributed by atoms with Crippen LogP contribution in [0.15, 0.2) is 21.6 Å². The van der Waals surface area contributed by atoms with E-state index in [-0.39, 0.29) is 11.6 Å². The van der Waals surface area contributed by atoms with Crippen LogP contribution >= 0.6 is 0 Å². The number of sulfonamides is 1. The van der Waals surface area contributed by atoms with Gasteiger partial charge in [-0.25, -0.2) is 8.42 Å². The Labute approximate surface area is 103 Å². The summed E-state index contributed by atoms with van der Waals surface area (Å²) in [5, 5.41) is -0.0378. The van der Waals surface area contributed by atoms with Crippen LogP contribution in [0.25, 0.3) is 0 Å². The third-order valence-corrected chi connectivity index (χ3v) is 4.26. The van der Waals surface area contributed by atoms with Gasteiger partial charge in [0, 0.05) is 13.6 Å². The third-order valence-electron chi connectivity index (χ3n) is 2.52. The van der Waals surface area contributed by atoms with Gasteiger partial charge in [0.1, 0.15) is 5.76 Å². The summed E-state index contributed by atoms with van der Waals surface area (Å²) in [7, 11) is -1.95. The van der Waals surface area contributed by atoms with Crippen LogP contribution in [-0.2, 0) is 16.6 Å². The second-order valence-electron chi connectivity index (χ2n) is 4.43. The maximum absolute atomic E-state index is 12.1. The molecule has 0 saturated carbocycles. The van der Waals surface area contributed by atoms with Crippen molar-refractivity contribution < 1.29 is 12.8 Å². The zero-order valence-corrected chi connectivity index (χ0v) is 11.3. The number of hydrogen-bond donors (Lipinski definition) is 1. The molecule has 0 bridgehead atoms. The van der Waals surface area contributed by atoms with E-state index in [1.807, 2.05) is 0 Å². The summed E-state index contributed by atoms with van der Waals surface area (Å²) in [6.45, 7) is 4.80. The van der Waals surface area contributed by atoms with E-state index in [2.05, 4.69) is 13.8 Å². The molecule has 0 aliphatic rings. The molecule has 0 aliphatic carbocycles. The first-order chi connectivity index (χ1) is 7.87. The molecule has 0 radical (unpaired) electrons. The number of rotatable bonds is 6. The first kappa shape index (κ1) is 14.2. The highest BCUT2D eigenvalue weighted by Crippen LogP contribution is 2.18. The molecule has 0 amide bonds. The van der Waals surface area contributed by atoms with Crippen molar-refractivity contribution in [2.45, 2.75) is 31.9 Å². The summed E-state index contributed by atoms with van der Waals surface area (Å²) in [6, 6.07) is 3.03. The molecule has 6 heteroatoms. The van der Waals surface area contributed by atoms with Crippen LogP contribution in [0.1, 0.15) is 26.0 Å². The van der Waals surface area contributed by atoms with E-state index < -0.39 is 10.0 Å². The molecule has 0 aromatic carbocycles. The minimum absolute atomic E-state index is 0.0378. The van der Waals surface area contributed by atoms with E-state index in [1.165, 1.54) is 10.4 Å². The lowest BCUT2D eigenvalue weighted by molar-refractivity contribution is 0.379.